The molecule has 0 N–H and O–H groups in total. The van der Waals surface area contributed by atoms with Gasteiger partial charge in [-0.1, -0.05) is 13.8 Å². The second kappa shape index (κ2) is 16.4. The van der Waals surface area contributed by atoms with E-state index in [-0.39, 0.29) is 0 Å². The molecule has 0 aliphatic carbocycles. The highest BCUT2D eigenvalue weighted by Gasteiger charge is 1.52. The fraction of sp³-hybridized carbons (Fsp3) is 0.500. The molecule has 0 heterocycles. The molecule has 2 heteroatoms. The largest absolute Gasteiger partial charge is 0.503 e. The summed E-state index contributed by atoms with van der Waals surface area (Å²) in [5.74, 6) is 0. The van der Waals surface area contributed by atoms with E-state index in [1.54, 1.807) is 7.11 Å². The quantitative estimate of drug-likeness (QED) is 0.397. The summed E-state index contributed by atoms with van der Waals surface area (Å²) in [6.07, 6.45) is 2.92. The molecule has 0 aliphatic rings. The lowest BCUT2D eigenvalue weighted by atomic mass is 11.0. The zero-order chi connectivity index (χ0) is 6.83. The van der Waals surface area contributed by atoms with Gasteiger partial charge in [0.15, 0.2) is 0 Å². The van der Waals surface area contributed by atoms with E-state index in [0.29, 0.717) is 0 Å². The van der Waals surface area contributed by atoms with E-state index in [9.17, 15) is 0 Å². The van der Waals surface area contributed by atoms with E-state index in [1.165, 1.54) is 12.5 Å². The Morgan fingerprint density at radius 2 is 2.00 bits per heavy atom. The summed E-state index contributed by atoms with van der Waals surface area (Å²) in [5.41, 5.74) is 0. The molecular formula is C6H13NO. The summed E-state index contributed by atoms with van der Waals surface area (Å²) in [6.45, 7) is 7.18. The SMILES string of the molecule is C=N/C=C\OC.CC. The van der Waals surface area contributed by atoms with Crippen molar-refractivity contribution in [1.29, 1.82) is 0 Å². The van der Waals surface area contributed by atoms with Crippen LogP contribution in [-0.2, 0) is 4.74 Å². The third kappa shape index (κ3) is 18.9. The molecule has 0 saturated heterocycles. The van der Waals surface area contributed by atoms with Crippen molar-refractivity contribution in [2.45, 2.75) is 13.8 Å². The van der Waals surface area contributed by atoms with Crippen molar-refractivity contribution >= 4 is 6.72 Å². The Kier molecular flexibility index (Phi) is 20.9. The minimum atomic E-state index is 1.45. The number of aliphatic imine (C=N–C) groups is 1. The zero-order valence-electron chi connectivity index (χ0n) is 5.72. The standard InChI is InChI=1S/C4H7NO.C2H6/c1-5-3-4-6-2;1-2/h3-4H,1H2,2H3;1-2H3/b4-3-;. The molecule has 0 fully saturated rings. The Balaban J connectivity index is 0. The lowest BCUT2D eigenvalue weighted by Crippen LogP contribution is -1.59. The van der Waals surface area contributed by atoms with Gasteiger partial charge in [0.2, 0.25) is 0 Å². The summed E-state index contributed by atoms with van der Waals surface area (Å²) >= 11 is 0. The average molecular weight is 115 g/mol. The van der Waals surface area contributed by atoms with Crippen molar-refractivity contribution in [2.75, 3.05) is 7.11 Å². The van der Waals surface area contributed by atoms with Gasteiger partial charge in [-0.2, -0.15) is 0 Å². The highest BCUT2D eigenvalue weighted by Crippen LogP contribution is 1.68. The third-order valence-corrected chi connectivity index (χ3v) is 0.302. The molecule has 2 nitrogen and oxygen atoms in total. The third-order valence-electron chi connectivity index (χ3n) is 0.302. The van der Waals surface area contributed by atoms with Crippen molar-refractivity contribution in [2.24, 2.45) is 4.99 Å². The maximum absolute atomic E-state index is 4.47. The Morgan fingerprint density at radius 3 is 2.12 bits per heavy atom. The van der Waals surface area contributed by atoms with Gasteiger partial charge < -0.3 is 4.74 Å². The number of rotatable bonds is 2. The minimum Gasteiger partial charge on any atom is -0.503 e. The Labute approximate surface area is 50.9 Å². The van der Waals surface area contributed by atoms with Crippen LogP contribution < -0.4 is 0 Å². The van der Waals surface area contributed by atoms with Crippen LogP contribution in [0.4, 0.5) is 0 Å². The van der Waals surface area contributed by atoms with Crippen molar-refractivity contribution in [3.63, 3.8) is 0 Å². The molecule has 0 atom stereocenters. The first-order valence-corrected chi connectivity index (χ1v) is 2.55. The van der Waals surface area contributed by atoms with Gasteiger partial charge >= 0.3 is 0 Å². The second-order valence-electron chi connectivity index (χ2n) is 0.703. The van der Waals surface area contributed by atoms with Crippen LogP contribution in [-0.4, -0.2) is 13.8 Å². The first-order valence-electron chi connectivity index (χ1n) is 2.55. The number of nitrogens with zero attached hydrogens (tertiary/aromatic N) is 1. The molecule has 0 amide bonds. The number of methoxy groups -OCH3 is 1. The summed E-state index contributed by atoms with van der Waals surface area (Å²) in [4.78, 5) is 3.37. The summed E-state index contributed by atoms with van der Waals surface area (Å²) in [7, 11) is 1.56. The van der Waals surface area contributed by atoms with Crippen molar-refractivity contribution in [3.05, 3.63) is 12.5 Å². The van der Waals surface area contributed by atoms with E-state index in [0.717, 1.165) is 0 Å². The van der Waals surface area contributed by atoms with Gasteiger partial charge in [0, 0.05) is 0 Å². The van der Waals surface area contributed by atoms with E-state index in [4.69, 9.17) is 0 Å². The summed E-state index contributed by atoms with van der Waals surface area (Å²) in [5, 5.41) is 0. The highest BCUT2D eigenvalue weighted by atomic mass is 16.5. The minimum absolute atomic E-state index is 1.45. The molecule has 0 bridgehead atoms. The molecule has 0 rings (SSSR count). The van der Waals surface area contributed by atoms with Crippen molar-refractivity contribution in [3.8, 4) is 0 Å². The molecule has 0 radical (unpaired) electrons. The monoisotopic (exact) mass is 115 g/mol. The van der Waals surface area contributed by atoms with E-state index in [2.05, 4.69) is 16.4 Å². The van der Waals surface area contributed by atoms with Gasteiger partial charge in [-0.3, -0.25) is 4.99 Å². The maximum Gasteiger partial charge on any atom is 0.101 e. The van der Waals surface area contributed by atoms with E-state index < -0.39 is 0 Å². The van der Waals surface area contributed by atoms with E-state index in [1.807, 2.05) is 13.8 Å². The van der Waals surface area contributed by atoms with Crippen molar-refractivity contribution < 1.29 is 4.74 Å². The van der Waals surface area contributed by atoms with Gasteiger partial charge in [0.25, 0.3) is 0 Å². The van der Waals surface area contributed by atoms with Gasteiger partial charge in [0.05, 0.1) is 13.3 Å². The molecule has 0 aromatic carbocycles. The smallest absolute Gasteiger partial charge is 0.101 e. The van der Waals surface area contributed by atoms with Crippen LogP contribution in [0.3, 0.4) is 0 Å². The van der Waals surface area contributed by atoms with Crippen LogP contribution in [0, 0.1) is 0 Å². The van der Waals surface area contributed by atoms with Gasteiger partial charge in [0.1, 0.15) is 6.26 Å². The van der Waals surface area contributed by atoms with Gasteiger partial charge in [-0.25, -0.2) is 0 Å². The molecule has 48 valence electrons. The Morgan fingerprint density at radius 1 is 1.50 bits per heavy atom. The van der Waals surface area contributed by atoms with Crippen LogP contribution >= 0.6 is 0 Å². The topological polar surface area (TPSA) is 21.6 Å². The molecule has 0 unspecified atom stereocenters. The van der Waals surface area contributed by atoms with Crippen molar-refractivity contribution in [1.82, 2.24) is 0 Å². The number of ether oxygens (including phenoxy) is 1. The molecule has 0 aliphatic heterocycles. The Bertz CT molecular complexity index is 59.5. The van der Waals surface area contributed by atoms with Crippen LogP contribution in [0.1, 0.15) is 13.8 Å². The molecule has 8 heavy (non-hydrogen) atoms. The zero-order valence-corrected chi connectivity index (χ0v) is 5.72. The average Bonchev–Trinajstić information content (AvgIpc) is 1.88. The lowest BCUT2D eigenvalue weighted by Gasteiger charge is -1.77. The first-order chi connectivity index (χ1) is 3.91. The fourth-order valence-corrected chi connectivity index (χ4v) is 0.104. The summed E-state index contributed by atoms with van der Waals surface area (Å²) < 4.78 is 4.47. The molecule has 0 saturated carbocycles. The fourth-order valence-electron chi connectivity index (χ4n) is 0.104. The van der Waals surface area contributed by atoms with Gasteiger partial charge in [-0.05, 0) is 6.72 Å². The van der Waals surface area contributed by atoms with Crippen LogP contribution in [0.25, 0.3) is 0 Å². The number of hydrogen-bond acceptors (Lipinski definition) is 2. The molecular weight excluding hydrogens is 102 g/mol. The summed E-state index contributed by atoms with van der Waals surface area (Å²) in [6, 6.07) is 0. The first kappa shape index (κ1) is 10.2. The van der Waals surface area contributed by atoms with Crippen LogP contribution in [0.2, 0.25) is 0 Å². The van der Waals surface area contributed by atoms with Gasteiger partial charge in [-0.15, -0.1) is 0 Å². The predicted octanol–water partition coefficient (Wildman–Crippen LogP) is 1.83. The Hall–Kier alpha value is -0.790. The number of hydrogen-bond donors (Lipinski definition) is 0. The predicted molar refractivity (Wildman–Crippen MR) is 37.0 cm³/mol. The lowest BCUT2D eigenvalue weighted by molar-refractivity contribution is 0.337. The normalized spacial score (nSPS) is 7.38. The van der Waals surface area contributed by atoms with Crippen LogP contribution in [0.15, 0.2) is 17.5 Å². The van der Waals surface area contributed by atoms with E-state index >= 15 is 0 Å². The maximum atomic E-state index is 4.47. The molecule has 0 spiro atoms. The molecule has 0 aromatic rings. The molecule has 0 aromatic heterocycles. The van der Waals surface area contributed by atoms with Crippen LogP contribution in [0.5, 0.6) is 0 Å². The second-order valence-corrected chi connectivity index (χ2v) is 0.703. The highest BCUT2D eigenvalue weighted by molar-refractivity contribution is 5.25.